The monoisotopic (exact) mass is 286 g/mol. The quantitative estimate of drug-likeness (QED) is 0.688. The largest absolute Gasteiger partial charge is 0.291 e. The maximum Gasteiger partial charge on any atom is 0.110 e. The lowest BCUT2D eigenvalue weighted by molar-refractivity contribution is 0.188. The molecule has 0 bridgehead atoms. The van der Waals surface area contributed by atoms with Gasteiger partial charge in [0.05, 0.1) is 17.6 Å². The van der Waals surface area contributed by atoms with E-state index in [0.29, 0.717) is 11.9 Å². The van der Waals surface area contributed by atoms with Crippen LogP contribution < -0.4 is 0 Å². The fourth-order valence-corrected chi connectivity index (χ4v) is 3.35. The van der Waals surface area contributed by atoms with Crippen molar-refractivity contribution in [3.05, 3.63) is 16.1 Å². The molecular weight excluding hydrogens is 264 g/mol. The van der Waals surface area contributed by atoms with Gasteiger partial charge in [0.2, 0.25) is 0 Å². The molecule has 1 fully saturated rings. The molecule has 102 valence electrons. The lowest BCUT2D eigenvalue weighted by Gasteiger charge is -2.28. The maximum atomic E-state index is 5.83. The highest BCUT2D eigenvalue weighted by molar-refractivity contribution is 7.09. The SMILES string of the molecule is CC(C)CCN(C1CC1)C(C)c1nc(CCl)cs1. The van der Waals surface area contributed by atoms with Gasteiger partial charge in [0.25, 0.3) is 0 Å². The van der Waals surface area contributed by atoms with Gasteiger partial charge in [0.15, 0.2) is 0 Å². The third-order valence-corrected chi connectivity index (χ3v) is 4.88. The molecule has 1 atom stereocenters. The van der Waals surface area contributed by atoms with Gasteiger partial charge in [-0.25, -0.2) is 4.98 Å². The van der Waals surface area contributed by atoms with Gasteiger partial charge in [-0.15, -0.1) is 22.9 Å². The first kappa shape index (κ1) is 14.3. The third kappa shape index (κ3) is 3.69. The second-order valence-electron chi connectivity index (χ2n) is 5.64. The molecule has 1 saturated carbocycles. The summed E-state index contributed by atoms with van der Waals surface area (Å²) >= 11 is 7.59. The lowest BCUT2D eigenvalue weighted by Crippen LogP contribution is -2.31. The minimum Gasteiger partial charge on any atom is -0.291 e. The van der Waals surface area contributed by atoms with Gasteiger partial charge in [0, 0.05) is 11.4 Å². The van der Waals surface area contributed by atoms with Crippen LogP contribution in [-0.4, -0.2) is 22.5 Å². The molecular formula is C14H23ClN2S. The summed E-state index contributed by atoms with van der Waals surface area (Å²) in [6.45, 7) is 8.07. The Hall–Kier alpha value is -0.120. The number of thiazole rings is 1. The standard InChI is InChI=1S/C14H23ClN2S/c1-10(2)6-7-17(13-4-5-13)11(3)14-16-12(8-15)9-18-14/h9-11,13H,4-8H2,1-3H3. The zero-order valence-electron chi connectivity index (χ0n) is 11.5. The molecule has 0 aromatic carbocycles. The van der Waals surface area contributed by atoms with E-state index in [-0.39, 0.29) is 0 Å². The van der Waals surface area contributed by atoms with E-state index in [0.717, 1.165) is 17.7 Å². The fraction of sp³-hybridized carbons (Fsp3) is 0.786. The van der Waals surface area contributed by atoms with Gasteiger partial charge < -0.3 is 0 Å². The van der Waals surface area contributed by atoms with Crippen LogP contribution >= 0.6 is 22.9 Å². The average Bonchev–Trinajstić information content (AvgIpc) is 3.06. The molecule has 0 amide bonds. The Kier molecular flexibility index (Phi) is 5.05. The summed E-state index contributed by atoms with van der Waals surface area (Å²) in [7, 11) is 0. The summed E-state index contributed by atoms with van der Waals surface area (Å²) in [6, 6.07) is 1.24. The molecule has 2 nitrogen and oxygen atoms in total. The van der Waals surface area contributed by atoms with Crippen LogP contribution in [0.15, 0.2) is 5.38 Å². The highest BCUT2D eigenvalue weighted by atomic mass is 35.5. The van der Waals surface area contributed by atoms with Gasteiger partial charge >= 0.3 is 0 Å². The molecule has 0 N–H and O–H groups in total. The Labute approximate surface area is 119 Å². The van der Waals surface area contributed by atoms with Crippen molar-refractivity contribution in [3.8, 4) is 0 Å². The van der Waals surface area contributed by atoms with Gasteiger partial charge in [-0.3, -0.25) is 4.90 Å². The fourth-order valence-electron chi connectivity index (χ4n) is 2.22. The first-order valence-electron chi connectivity index (χ1n) is 6.87. The summed E-state index contributed by atoms with van der Waals surface area (Å²) in [5, 5.41) is 3.31. The van der Waals surface area contributed by atoms with Crippen LogP contribution in [0.25, 0.3) is 0 Å². The lowest BCUT2D eigenvalue weighted by atomic mass is 10.1. The smallest absolute Gasteiger partial charge is 0.110 e. The molecule has 4 heteroatoms. The number of nitrogens with zero attached hydrogens (tertiary/aromatic N) is 2. The maximum absolute atomic E-state index is 5.83. The van der Waals surface area contributed by atoms with Crippen molar-refractivity contribution in [3.63, 3.8) is 0 Å². The van der Waals surface area contributed by atoms with Gasteiger partial charge in [-0.05, 0) is 38.6 Å². The summed E-state index contributed by atoms with van der Waals surface area (Å²) in [5.41, 5.74) is 1.02. The highest BCUT2D eigenvalue weighted by Crippen LogP contribution is 2.35. The number of rotatable bonds is 7. The molecule has 0 aliphatic heterocycles. The van der Waals surface area contributed by atoms with Crippen molar-refractivity contribution in [1.82, 2.24) is 9.88 Å². The van der Waals surface area contributed by atoms with Crippen molar-refractivity contribution in [1.29, 1.82) is 0 Å². The zero-order valence-corrected chi connectivity index (χ0v) is 13.1. The van der Waals surface area contributed by atoms with Crippen molar-refractivity contribution in [2.45, 2.75) is 58.0 Å². The molecule has 1 aliphatic rings. The minimum atomic E-state index is 0.443. The number of aromatic nitrogens is 1. The molecule has 0 radical (unpaired) electrons. The van der Waals surface area contributed by atoms with Crippen LogP contribution in [0.2, 0.25) is 0 Å². The summed E-state index contributed by atoms with van der Waals surface area (Å²) in [4.78, 5) is 7.27. The predicted molar refractivity (Wildman–Crippen MR) is 79.3 cm³/mol. The Morgan fingerprint density at radius 2 is 2.17 bits per heavy atom. The second-order valence-corrected chi connectivity index (χ2v) is 6.80. The van der Waals surface area contributed by atoms with E-state index >= 15 is 0 Å². The first-order chi connectivity index (χ1) is 8.61. The Balaban J connectivity index is 2.00. The normalized spacial score (nSPS) is 17.7. The average molecular weight is 287 g/mol. The van der Waals surface area contributed by atoms with Crippen LogP contribution in [0.4, 0.5) is 0 Å². The molecule has 1 unspecified atom stereocenters. The summed E-state index contributed by atoms with van der Waals surface area (Å²) in [6.07, 6.45) is 3.99. The van der Waals surface area contributed by atoms with Crippen LogP contribution in [0.5, 0.6) is 0 Å². The molecule has 1 heterocycles. The number of alkyl halides is 1. The van der Waals surface area contributed by atoms with Crippen LogP contribution in [0.1, 0.15) is 56.8 Å². The van der Waals surface area contributed by atoms with E-state index in [4.69, 9.17) is 11.6 Å². The van der Waals surface area contributed by atoms with Gasteiger partial charge in [-0.2, -0.15) is 0 Å². The molecule has 1 aromatic rings. The Morgan fingerprint density at radius 3 is 2.67 bits per heavy atom. The van der Waals surface area contributed by atoms with Gasteiger partial charge in [-0.1, -0.05) is 13.8 Å². The predicted octanol–water partition coefficient (Wildman–Crippen LogP) is 4.45. The Bertz CT molecular complexity index is 374. The number of hydrogen-bond donors (Lipinski definition) is 0. The molecule has 0 saturated heterocycles. The van der Waals surface area contributed by atoms with E-state index in [1.54, 1.807) is 11.3 Å². The minimum absolute atomic E-state index is 0.443. The molecule has 1 aliphatic carbocycles. The summed E-state index contributed by atoms with van der Waals surface area (Å²) in [5.74, 6) is 1.30. The van der Waals surface area contributed by atoms with Crippen molar-refractivity contribution in [2.75, 3.05) is 6.54 Å². The molecule has 2 rings (SSSR count). The summed E-state index contributed by atoms with van der Waals surface area (Å²) < 4.78 is 0. The van der Waals surface area contributed by atoms with Crippen molar-refractivity contribution < 1.29 is 0 Å². The van der Waals surface area contributed by atoms with Crippen LogP contribution in [0.3, 0.4) is 0 Å². The van der Waals surface area contributed by atoms with E-state index in [1.807, 2.05) is 0 Å². The van der Waals surface area contributed by atoms with E-state index in [1.165, 1.54) is 30.8 Å². The van der Waals surface area contributed by atoms with Crippen molar-refractivity contribution >= 4 is 22.9 Å². The molecule has 18 heavy (non-hydrogen) atoms. The molecule has 0 spiro atoms. The number of hydrogen-bond acceptors (Lipinski definition) is 3. The van der Waals surface area contributed by atoms with Gasteiger partial charge in [0.1, 0.15) is 5.01 Å². The Morgan fingerprint density at radius 1 is 1.44 bits per heavy atom. The second kappa shape index (κ2) is 6.36. The van der Waals surface area contributed by atoms with Crippen LogP contribution in [-0.2, 0) is 5.88 Å². The van der Waals surface area contributed by atoms with E-state index in [2.05, 4.69) is 36.0 Å². The first-order valence-corrected chi connectivity index (χ1v) is 8.29. The highest BCUT2D eigenvalue weighted by Gasteiger charge is 2.33. The molecule has 1 aromatic heterocycles. The van der Waals surface area contributed by atoms with E-state index < -0.39 is 0 Å². The van der Waals surface area contributed by atoms with E-state index in [9.17, 15) is 0 Å². The third-order valence-electron chi connectivity index (χ3n) is 3.54. The topological polar surface area (TPSA) is 16.1 Å². The number of halogens is 1. The van der Waals surface area contributed by atoms with Crippen molar-refractivity contribution in [2.24, 2.45) is 5.92 Å². The van der Waals surface area contributed by atoms with Crippen LogP contribution in [0, 0.1) is 5.92 Å². The zero-order chi connectivity index (χ0) is 13.1.